The molecular formula is C9H6N4OS. The van der Waals surface area contributed by atoms with Crippen LogP contribution in [-0.2, 0) is 0 Å². The largest absolute Gasteiger partial charge is 0.364 e. The van der Waals surface area contributed by atoms with Crippen LogP contribution < -0.4 is 0 Å². The van der Waals surface area contributed by atoms with Crippen molar-refractivity contribution < 1.29 is 4.52 Å². The van der Waals surface area contributed by atoms with Crippen LogP contribution >= 0.6 is 11.5 Å². The molecule has 3 aromatic heterocycles. The third-order valence-corrected chi connectivity index (χ3v) is 2.86. The third kappa shape index (κ3) is 1.35. The summed E-state index contributed by atoms with van der Waals surface area (Å²) in [6, 6.07) is 3.71. The van der Waals surface area contributed by atoms with Crippen molar-refractivity contribution in [1.29, 1.82) is 0 Å². The molecule has 3 heterocycles. The molecule has 0 aliphatic heterocycles. The standard InChI is InChI=1S/C9H6N4OS/c1-3-10-12-8(1)9-6(5-11-15-9)7-2-4-14-13-7/h1-5H,(H,10,12). The molecule has 5 nitrogen and oxygen atoms in total. The summed E-state index contributed by atoms with van der Waals surface area (Å²) in [5, 5.41) is 10.7. The maximum Gasteiger partial charge on any atom is 0.124 e. The molecular weight excluding hydrogens is 212 g/mol. The molecule has 0 aliphatic carbocycles. The van der Waals surface area contributed by atoms with Crippen LogP contribution in [0.4, 0.5) is 0 Å². The smallest absolute Gasteiger partial charge is 0.124 e. The molecule has 0 aromatic carbocycles. The van der Waals surface area contributed by atoms with Gasteiger partial charge in [-0.15, -0.1) is 0 Å². The number of aromatic amines is 1. The van der Waals surface area contributed by atoms with E-state index >= 15 is 0 Å². The predicted molar refractivity (Wildman–Crippen MR) is 55.2 cm³/mol. The molecule has 0 saturated carbocycles. The van der Waals surface area contributed by atoms with Crippen molar-refractivity contribution in [3.05, 3.63) is 30.8 Å². The second-order valence-electron chi connectivity index (χ2n) is 2.92. The fourth-order valence-corrected chi connectivity index (χ4v) is 2.08. The van der Waals surface area contributed by atoms with Crippen molar-refractivity contribution in [2.24, 2.45) is 0 Å². The lowest BCUT2D eigenvalue weighted by Gasteiger charge is -1.94. The van der Waals surface area contributed by atoms with Gasteiger partial charge in [0.05, 0.1) is 16.8 Å². The van der Waals surface area contributed by atoms with Crippen molar-refractivity contribution in [2.45, 2.75) is 0 Å². The molecule has 0 aliphatic rings. The van der Waals surface area contributed by atoms with Gasteiger partial charge in [-0.05, 0) is 17.6 Å². The second-order valence-corrected chi connectivity index (χ2v) is 3.73. The lowest BCUT2D eigenvalue weighted by atomic mass is 10.2. The van der Waals surface area contributed by atoms with Crippen LogP contribution in [0.1, 0.15) is 0 Å². The highest BCUT2D eigenvalue weighted by molar-refractivity contribution is 7.10. The van der Waals surface area contributed by atoms with E-state index in [1.54, 1.807) is 18.7 Å². The molecule has 3 rings (SSSR count). The summed E-state index contributed by atoms with van der Waals surface area (Å²) in [6.07, 6.45) is 5.03. The molecule has 0 saturated heterocycles. The Hall–Kier alpha value is -1.95. The average molecular weight is 218 g/mol. The minimum atomic E-state index is 0.786. The summed E-state index contributed by atoms with van der Waals surface area (Å²) in [4.78, 5) is 1.02. The molecule has 6 heteroatoms. The van der Waals surface area contributed by atoms with Crippen LogP contribution in [0, 0.1) is 0 Å². The van der Waals surface area contributed by atoms with Gasteiger partial charge in [0.1, 0.15) is 12.0 Å². The first-order valence-electron chi connectivity index (χ1n) is 4.30. The summed E-state index contributed by atoms with van der Waals surface area (Å²) >= 11 is 1.40. The van der Waals surface area contributed by atoms with E-state index in [0.29, 0.717) is 0 Å². The van der Waals surface area contributed by atoms with Gasteiger partial charge in [0.2, 0.25) is 0 Å². The molecule has 0 fully saturated rings. The zero-order chi connectivity index (χ0) is 10.1. The van der Waals surface area contributed by atoms with E-state index in [1.807, 2.05) is 12.1 Å². The number of hydrogen-bond donors (Lipinski definition) is 1. The summed E-state index contributed by atoms with van der Waals surface area (Å²) in [7, 11) is 0. The number of rotatable bonds is 2. The molecule has 0 atom stereocenters. The summed E-state index contributed by atoms with van der Waals surface area (Å²) in [6.45, 7) is 0. The minimum Gasteiger partial charge on any atom is -0.364 e. The van der Waals surface area contributed by atoms with Crippen molar-refractivity contribution >= 4 is 11.5 Å². The molecule has 1 N–H and O–H groups in total. The zero-order valence-corrected chi connectivity index (χ0v) is 8.36. The third-order valence-electron chi connectivity index (χ3n) is 2.03. The Morgan fingerprint density at radius 3 is 3.07 bits per heavy atom. The summed E-state index contributed by atoms with van der Waals surface area (Å²) in [5.74, 6) is 0. The van der Waals surface area contributed by atoms with Crippen molar-refractivity contribution in [2.75, 3.05) is 0 Å². The highest BCUT2D eigenvalue weighted by Gasteiger charge is 2.13. The van der Waals surface area contributed by atoms with Crippen molar-refractivity contribution in [3.63, 3.8) is 0 Å². The maximum absolute atomic E-state index is 4.81. The van der Waals surface area contributed by atoms with E-state index in [-0.39, 0.29) is 0 Å². The Kier molecular flexibility index (Phi) is 1.85. The lowest BCUT2D eigenvalue weighted by molar-refractivity contribution is 0.422. The molecule has 0 radical (unpaired) electrons. The Balaban J connectivity index is 2.15. The van der Waals surface area contributed by atoms with E-state index in [0.717, 1.165) is 21.8 Å². The SMILES string of the molecule is c1cc(-c2sncc2-c2ccon2)[nH]n1. The Morgan fingerprint density at radius 1 is 1.33 bits per heavy atom. The molecule has 3 aromatic rings. The minimum absolute atomic E-state index is 0.786. The van der Waals surface area contributed by atoms with E-state index in [1.165, 1.54) is 11.5 Å². The van der Waals surface area contributed by atoms with E-state index in [2.05, 4.69) is 19.7 Å². The van der Waals surface area contributed by atoms with Crippen LogP contribution in [0.5, 0.6) is 0 Å². The van der Waals surface area contributed by atoms with Gasteiger partial charge in [-0.2, -0.15) is 9.47 Å². The van der Waals surface area contributed by atoms with Gasteiger partial charge in [0.25, 0.3) is 0 Å². The second kappa shape index (κ2) is 3.32. The van der Waals surface area contributed by atoms with Crippen LogP contribution in [-0.4, -0.2) is 19.7 Å². The lowest BCUT2D eigenvalue weighted by Crippen LogP contribution is -1.78. The van der Waals surface area contributed by atoms with E-state index in [9.17, 15) is 0 Å². The van der Waals surface area contributed by atoms with E-state index < -0.39 is 0 Å². The zero-order valence-electron chi connectivity index (χ0n) is 7.54. The highest BCUT2D eigenvalue weighted by Crippen LogP contribution is 2.32. The Bertz CT molecular complexity index is 492. The first kappa shape index (κ1) is 8.37. The number of aromatic nitrogens is 4. The molecule has 0 spiro atoms. The molecule has 0 bridgehead atoms. The van der Waals surface area contributed by atoms with Gasteiger partial charge in [-0.25, -0.2) is 0 Å². The first-order valence-corrected chi connectivity index (χ1v) is 5.07. The normalized spacial score (nSPS) is 10.7. The fourth-order valence-electron chi connectivity index (χ4n) is 1.35. The predicted octanol–water partition coefficient (Wildman–Crippen LogP) is 2.19. The Morgan fingerprint density at radius 2 is 2.33 bits per heavy atom. The van der Waals surface area contributed by atoms with Crippen molar-refractivity contribution in [1.82, 2.24) is 19.7 Å². The number of H-pyrrole nitrogens is 1. The van der Waals surface area contributed by atoms with Gasteiger partial charge in [-0.3, -0.25) is 5.10 Å². The quantitative estimate of drug-likeness (QED) is 0.715. The van der Waals surface area contributed by atoms with Crippen LogP contribution in [0.15, 0.2) is 35.3 Å². The molecule has 15 heavy (non-hydrogen) atoms. The van der Waals surface area contributed by atoms with Gasteiger partial charge >= 0.3 is 0 Å². The highest BCUT2D eigenvalue weighted by atomic mass is 32.1. The summed E-state index contributed by atoms with van der Waals surface area (Å²) < 4.78 is 8.96. The van der Waals surface area contributed by atoms with Crippen molar-refractivity contribution in [3.8, 4) is 21.8 Å². The number of nitrogens with one attached hydrogen (secondary N) is 1. The number of hydrogen-bond acceptors (Lipinski definition) is 5. The van der Waals surface area contributed by atoms with E-state index in [4.69, 9.17) is 4.52 Å². The van der Waals surface area contributed by atoms with Crippen LogP contribution in [0.2, 0.25) is 0 Å². The topological polar surface area (TPSA) is 67.6 Å². The Labute approximate surface area is 88.9 Å². The molecule has 0 unspecified atom stereocenters. The maximum atomic E-state index is 4.81. The average Bonchev–Trinajstić information content (AvgIpc) is 3.01. The van der Waals surface area contributed by atoms with Gasteiger partial charge < -0.3 is 4.52 Å². The van der Waals surface area contributed by atoms with Crippen LogP contribution in [0.3, 0.4) is 0 Å². The molecule has 0 amide bonds. The van der Waals surface area contributed by atoms with Gasteiger partial charge in [-0.1, -0.05) is 5.16 Å². The summed E-state index contributed by atoms with van der Waals surface area (Å²) in [5.41, 5.74) is 2.68. The first-order chi connectivity index (χ1) is 7.45. The monoisotopic (exact) mass is 218 g/mol. The van der Waals surface area contributed by atoms with Crippen LogP contribution in [0.25, 0.3) is 21.8 Å². The number of nitrogens with zero attached hydrogens (tertiary/aromatic N) is 3. The van der Waals surface area contributed by atoms with Gasteiger partial charge in [0.15, 0.2) is 0 Å². The molecule has 74 valence electrons. The van der Waals surface area contributed by atoms with Gasteiger partial charge in [0, 0.05) is 17.8 Å². The fraction of sp³-hybridized carbons (Fsp3) is 0.